The SMILES string of the molecule is COCCn1c(N)c(N(CC(=O)Nc2ccc(-c3ccccc3)cc2)Cc2ccccc2)c(=O)[nH]c1=O. The second kappa shape index (κ2) is 11.9. The fourth-order valence-electron chi connectivity index (χ4n) is 4.06. The molecule has 4 aromatic rings. The normalized spacial score (nSPS) is 10.7. The highest BCUT2D eigenvalue weighted by Gasteiger charge is 2.21. The Kier molecular flexibility index (Phi) is 8.17. The second-order valence-electron chi connectivity index (χ2n) is 8.47. The van der Waals surface area contributed by atoms with E-state index < -0.39 is 11.2 Å². The minimum absolute atomic E-state index is 0.0262. The molecule has 4 rings (SSSR count). The molecule has 0 bridgehead atoms. The number of methoxy groups -OCH3 is 1. The van der Waals surface area contributed by atoms with Gasteiger partial charge < -0.3 is 20.7 Å². The molecule has 0 aliphatic heterocycles. The molecule has 1 heterocycles. The Balaban J connectivity index is 1.59. The van der Waals surface area contributed by atoms with Crippen LogP contribution in [0.5, 0.6) is 0 Å². The number of nitrogens with two attached hydrogens (primary N) is 1. The van der Waals surface area contributed by atoms with Crippen LogP contribution < -0.4 is 27.2 Å². The molecule has 1 amide bonds. The van der Waals surface area contributed by atoms with Crippen LogP contribution in [-0.4, -0.2) is 35.7 Å². The van der Waals surface area contributed by atoms with Crippen LogP contribution in [0, 0.1) is 0 Å². The zero-order valence-corrected chi connectivity index (χ0v) is 20.5. The summed E-state index contributed by atoms with van der Waals surface area (Å²) in [6, 6.07) is 26.8. The Bertz CT molecular complexity index is 1450. The first-order valence-electron chi connectivity index (χ1n) is 11.8. The third-order valence-corrected chi connectivity index (χ3v) is 5.88. The molecule has 0 saturated heterocycles. The summed E-state index contributed by atoms with van der Waals surface area (Å²) in [6.45, 7) is 0.458. The van der Waals surface area contributed by atoms with E-state index in [9.17, 15) is 14.4 Å². The molecule has 0 aliphatic carbocycles. The highest BCUT2D eigenvalue weighted by Crippen LogP contribution is 2.22. The molecule has 0 unspecified atom stereocenters. The number of nitrogens with one attached hydrogen (secondary N) is 2. The van der Waals surface area contributed by atoms with E-state index in [-0.39, 0.29) is 43.7 Å². The van der Waals surface area contributed by atoms with Crippen molar-refractivity contribution in [3.8, 4) is 11.1 Å². The van der Waals surface area contributed by atoms with Gasteiger partial charge in [0.2, 0.25) is 5.91 Å². The van der Waals surface area contributed by atoms with Crippen LogP contribution in [0.2, 0.25) is 0 Å². The van der Waals surface area contributed by atoms with Gasteiger partial charge in [0, 0.05) is 19.3 Å². The van der Waals surface area contributed by atoms with Crippen LogP contribution in [-0.2, 0) is 22.6 Å². The van der Waals surface area contributed by atoms with E-state index in [4.69, 9.17) is 10.5 Å². The number of rotatable bonds is 10. The van der Waals surface area contributed by atoms with Gasteiger partial charge in [-0.2, -0.15) is 0 Å². The maximum Gasteiger partial charge on any atom is 0.330 e. The van der Waals surface area contributed by atoms with Crippen molar-refractivity contribution in [2.24, 2.45) is 0 Å². The Hall–Kier alpha value is -4.63. The zero-order valence-electron chi connectivity index (χ0n) is 20.5. The Morgan fingerprint density at radius 3 is 2.22 bits per heavy atom. The highest BCUT2D eigenvalue weighted by atomic mass is 16.5. The number of nitrogen functional groups attached to an aromatic ring is 1. The van der Waals surface area contributed by atoms with E-state index >= 15 is 0 Å². The van der Waals surface area contributed by atoms with Crippen molar-refractivity contribution in [2.75, 3.05) is 36.2 Å². The van der Waals surface area contributed by atoms with Crippen LogP contribution in [0.15, 0.2) is 94.5 Å². The first kappa shape index (κ1) is 25.5. The summed E-state index contributed by atoms with van der Waals surface area (Å²) in [5.74, 6) is -0.362. The van der Waals surface area contributed by atoms with Gasteiger partial charge in [0.15, 0.2) is 0 Å². The van der Waals surface area contributed by atoms with Crippen molar-refractivity contribution in [3.05, 3.63) is 111 Å². The molecule has 0 aliphatic rings. The van der Waals surface area contributed by atoms with E-state index in [0.717, 1.165) is 16.7 Å². The van der Waals surface area contributed by atoms with E-state index in [1.54, 1.807) is 4.90 Å². The number of aromatic nitrogens is 2. The van der Waals surface area contributed by atoms with Crippen molar-refractivity contribution in [3.63, 3.8) is 0 Å². The molecule has 190 valence electrons. The molecule has 0 fully saturated rings. The number of anilines is 3. The van der Waals surface area contributed by atoms with Crippen molar-refractivity contribution in [1.82, 2.24) is 9.55 Å². The number of hydrogen-bond acceptors (Lipinski definition) is 6. The number of carbonyl (C=O) groups is 1. The van der Waals surface area contributed by atoms with Crippen LogP contribution in [0.25, 0.3) is 11.1 Å². The summed E-state index contributed by atoms with van der Waals surface area (Å²) in [4.78, 5) is 42.2. The standard InChI is InChI=1S/C28H29N5O4/c1-37-17-16-33-26(29)25(27(35)31-28(33)36)32(18-20-8-4-2-5-9-20)19-24(34)30-23-14-12-22(13-15-23)21-10-6-3-7-11-21/h2-15H,16-19,29H2,1H3,(H,30,34)(H,31,35,36). The molecule has 3 aromatic carbocycles. The molecule has 1 aromatic heterocycles. The van der Waals surface area contributed by atoms with Crippen LogP contribution in [0.1, 0.15) is 5.56 Å². The Morgan fingerprint density at radius 1 is 0.946 bits per heavy atom. The zero-order chi connectivity index (χ0) is 26.2. The largest absolute Gasteiger partial charge is 0.383 e. The molecule has 0 saturated carbocycles. The van der Waals surface area contributed by atoms with Crippen LogP contribution >= 0.6 is 0 Å². The highest BCUT2D eigenvalue weighted by molar-refractivity contribution is 5.94. The lowest BCUT2D eigenvalue weighted by molar-refractivity contribution is -0.115. The van der Waals surface area contributed by atoms with Crippen molar-refractivity contribution in [2.45, 2.75) is 13.1 Å². The molecule has 37 heavy (non-hydrogen) atoms. The topological polar surface area (TPSA) is 122 Å². The minimum atomic E-state index is -0.660. The summed E-state index contributed by atoms with van der Waals surface area (Å²) in [5, 5.41) is 2.88. The van der Waals surface area contributed by atoms with E-state index in [1.807, 2.05) is 84.9 Å². The van der Waals surface area contributed by atoms with Gasteiger partial charge in [-0.05, 0) is 28.8 Å². The van der Waals surface area contributed by atoms with Crippen LogP contribution in [0.4, 0.5) is 17.2 Å². The summed E-state index contributed by atoms with van der Waals surface area (Å²) in [5.41, 5.74) is 8.65. The van der Waals surface area contributed by atoms with Crippen molar-refractivity contribution in [1.29, 1.82) is 0 Å². The first-order chi connectivity index (χ1) is 18.0. The van der Waals surface area contributed by atoms with Gasteiger partial charge in [-0.3, -0.25) is 19.1 Å². The third kappa shape index (κ3) is 6.33. The summed E-state index contributed by atoms with van der Waals surface area (Å²) < 4.78 is 6.30. The number of nitrogens with zero attached hydrogens (tertiary/aromatic N) is 2. The molecule has 9 nitrogen and oxygen atoms in total. The lowest BCUT2D eigenvalue weighted by Gasteiger charge is -2.26. The maximum atomic E-state index is 13.1. The number of ether oxygens (including phenoxy) is 1. The number of benzene rings is 3. The van der Waals surface area contributed by atoms with Gasteiger partial charge >= 0.3 is 5.69 Å². The summed E-state index contributed by atoms with van der Waals surface area (Å²) in [7, 11) is 1.51. The van der Waals surface area contributed by atoms with Gasteiger partial charge in [0.1, 0.15) is 11.5 Å². The number of carbonyl (C=O) groups excluding carboxylic acids is 1. The number of hydrogen-bond donors (Lipinski definition) is 3. The fourth-order valence-corrected chi connectivity index (χ4v) is 4.06. The monoisotopic (exact) mass is 499 g/mol. The lowest BCUT2D eigenvalue weighted by atomic mass is 10.1. The summed E-state index contributed by atoms with van der Waals surface area (Å²) in [6.07, 6.45) is 0. The molecule has 0 radical (unpaired) electrons. The molecular weight excluding hydrogens is 470 g/mol. The van der Waals surface area contributed by atoms with Crippen molar-refractivity contribution >= 4 is 23.1 Å². The number of H-pyrrole nitrogens is 1. The average Bonchev–Trinajstić information content (AvgIpc) is 2.90. The Labute approximate surface area is 214 Å². The van der Waals surface area contributed by atoms with Gasteiger partial charge in [0.25, 0.3) is 5.56 Å². The predicted molar refractivity (Wildman–Crippen MR) is 146 cm³/mol. The molecule has 0 spiro atoms. The third-order valence-electron chi connectivity index (χ3n) is 5.88. The maximum absolute atomic E-state index is 13.1. The van der Waals surface area contributed by atoms with Gasteiger partial charge in [-0.1, -0.05) is 72.8 Å². The van der Waals surface area contributed by atoms with Crippen molar-refractivity contribution < 1.29 is 9.53 Å². The van der Waals surface area contributed by atoms with E-state index in [2.05, 4.69) is 10.3 Å². The quantitative estimate of drug-likeness (QED) is 0.308. The van der Waals surface area contributed by atoms with Gasteiger partial charge in [0.05, 0.1) is 19.7 Å². The lowest BCUT2D eigenvalue weighted by Crippen LogP contribution is -2.41. The predicted octanol–water partition coefficient (Wildman–Crippen LogP) is 3.08. The second-order valence-corrected chi connectivity index (χ2v) is 8.47. The fraction of sp³-hybridized carbons (Fsp3) is 0.179. The summed E-state index contributed by atoms with van der Waals surface area (Å²) >= 11 is 0. The molecule has 9 heteroatoms. The van der Waals surface area contributed by atoms with E-state index in [0.29, 0.717) is 5.69 Å². The first-order valence-corrected chi connectivity index (χ1v) is 11.8. The Morgan fingerprint density at radius 2 is 1.57 bits per heavy atom. The van der Waals surface area contributed by atoms with E-state index in [1.165, 1.54) is 11.7 Å². The van der Waals surface area contributed by atoms with Crippen LogP contribution in [0.3, 0.4) is 0 Å². The molecule has 4 N–H and O–H groups in total. The number of amides is 1. The average molecular weight is 500 g/mol. The molecule has 0 atom stereocenters. The van der Waals surface area contributed by atoms with Gasteiger partial charge in [-0.15, -0.1) is 0 Å². The smallest absolute Gasteiger partial charge is 0.330 e. The minimum Gasteiger partial charge on any atom is -0.383 e. The number of aromatic amines is 1. The van der Waals surface area contributed by atoms with Gasteiger partial charge in [-0.25, -0.2) is 4.79 Å². The molecular formula is C28H29N5O4.